The monoisotopic (exact) mass is 253 g/mol. The molecule has 4 rings (SSSR count). The summed E-state index contributed by atoms with van der Waals surface area (Å²) in [5.74, 6) is 0. The second kappa shape index (κ2) is 4.12. The molecule has 0 amide bonds. The van der Waals surface area contributed by atoms with Gasteiger partial charge >= 0.3 is 0 Å². The van der Waals surface area contributed by atoms with Crippen LogP contribution in [-0.2, 0) is 6.54 Å². The van der Waals surface area contributed by atoms with E-state index in [-0.39, 0.29) is 0 Å². The maximum Gasteiger partial charge on any atom is 0.0951 e. The summed E-state index contributed by atoms with van der Waals surface area (Å²) < 4.78 is 2.28. The zero-order valence-corrected chi connectivity index (χ0v) is 10.5. The van der Waals surface area contributed by atoms with Crippen LogP contribution in [0.4, 0.5) is 5.69 Å². The summed E-state index contributed by atoms with van der Waals surface area (Å²) in [5, 5.41) is 11.6. The summed E-state index contributed by atoms with van der Waals surface area (Å²) in [4.78, 5) is 4.25. The summed E-state index contributed by atoms with van der Waals surface area (Å²) >= 11 is 0. The van der Waals surface area contributed by atoms with E-state index < -0.39 is 0 Å². The number of rotatable bonds is 4. The van der Waals surface area contributed by atoms with Gasteiger partial charge in [0.25, 0.3) is 0 Å². The number of aromatic amines is 1. The number of nitrogens with zero attached hydrogens (tertiary/aromatic N) is 3. The van der Waals surface area contributed by atoms with Gasteiger partial charge in [-0.15, -0.1) is 0 Å². The Morgan fingerprint density at radius 1 is 1.32 bits per heavy atom. The number of anilines is 1. The van der Waals surface area contributed by atoms with Gasteiger partial charge in [0.05, 0.1) is 30.3 Å². The van der Waals surface area contributed by atoms with E-state index in [1.807, 2.05) is 24.8 Å². The summed E-state index contributed by atoms with van der Waals surface area (Å²) in [6.07, 6.45) is 8.29. The first kappa shape index (κ1) is 10.6. The number of aromatic nitrogens is 4. The molecule has 5 heteroatoms. The molecule has 2 aromatic heterocycles. The van der Waals surface area contributed by atoms with E-state index in [9.17, 15) is 0 Å². The van der Waals surface area contributed by atoms with Crippen molar-refractivity contribution in [1.29, 1.82) is 0 Å². The SMILES string of the molecule is c1cc2[nH]ncc2cc1NCc1cncn1C1CC1. The first-order chi connectivity index (χ1) is 9.40. The highest BCUT2D eigenvalue weighted by molar-refractivity contribution is 5.81. The van der Waals surface area contributed by atoms with Crippen molar-refractivity contribution in [2.24, 2.45) is 0 Å². The minimum Gasteiger partial charge on any atom is -0.379 e. The average molecular weight is 253 g/mol. The summed E-state index contributed by atoms with van der Waals surface area (Å²) in [6.45, 7) is 0.805. The first-order valence-electron chi connectivity index (χ1n) is 6.58. The Hall–Kier alpha value is -2.30. The second-order valence-corrected chi connectivity index (χ2v) is 5.05. The molecule has 1 fully saturated rings. The Morgan fingerprint density at radius 2 is 2.26 bits per heavy atom. The average Bonchev–Trinajstić information content (AvgIpc) is 3.00. The van der Waals surface area contributed by atoms with Gasteiger partial charge < -0.3 is 9.88 Å². The number of hydrogen-bond donors (Lipinski definition) is 2. The smallest absolute Gasteiger partial charge is 0.0951 e. The van der Waals surface area contributed by atoms with E-state index in [2.05, 4.69) is 37.2 Å². The summed E-state index contributed by atoms with van der Waals surface area (Å²) in [5.41, 5.74) is 3.42. The van der Waals surface area contributed by atoms with Crippen LogP contribution in [0.2, 0.25) is 0 Å². The van der Waals surface area contributed by atoms with Crippen molar-refractivity contribution >= 4 is 16.6 Å². The van der Waals surface area contributed by atoms with Gasteiger partial charge in [0.1, 0.15) is 0 Å². The number of imidazole rings is 1. The number of benzene rings is 1. The van der Waals surface area contributed by atoms with Crippen LogP contribution in [0, 0.1) is 0 Å². The van der Waals surface area contributed by atoms with E-state index in [1.54, 1.807) is 0 Å². The maximum absolute atomic E-state index is 4.25. The molecule has 3 aromatic rings. The molecule has 0 radical (unpaired) electrons. The minimum atomic E-state index is 0.677. The predicted molar refractivity (Wildman–Crippen MR) is 73.9 cm³/mol. The molecule has 2 N–H and O–H groups in total. The van der Waals surface area contributed by atoms with E-state index in [4.69, 9.17) is 0 Å². The lowest BCUT2D eigenvalue weighted by atomic mass is 10.2. The second-order valence-electron chi connectivity index (χ2n) is 5.05. The number of nitrogens with one attached hydrogen (secondary N) is 2. The molecule has 96 valence electrons. The van der Waals surface area contributed by atoms with E-state index in [0.717, 1.165) is 23.1 Å². The lowest BCUT2D eigenvalue weighted by Crippen LogP contribution is -2.05. The normalized spacial score (nSPS) is 14.9. The van der Waals surface area contributed by atoms with Crippen LogP contribution < -0.4 is 5.32 Å². The highest BCUT2D eigenvalue weighted by Gasteiger charge is 2.24. The van der Waals surface area contributed by atoms with Gasteiger partial charge in [-0.25, -0.2) is 4.98 Å². The van der Waals surface area contributed by atoms with E-state index in [0.29, 0.717) is 6.04 Å². The largest absolute Gasteiger partial charge is 0.379 e. The van der Waals surface area contributed by atoms with Crippen molar-refractivity contribution in [3.8, 4) is 0 Å². The Labute approximate surface area is 110 Å². The summed E-state index contributed by atoms with van der Waals surface area (Å²) in [7, 11) is 0. The van der Waals surface area contributed by atoms with Gasteiger partial charge in [-0.05, 0) is 31.0 Å². The topological polar surface area (TPSA) is 58.5 Å². The molecular weight excluding hydrogens is 238 g/mol. The van der Waals surface area contributed by atoms with E-state index >= 15 is 0 Å². The van der Waals surface area contributed by atoms with Crippen LogP contribution in [0.25, 0.3) is 10.9 Å². The van der Waals surface area contributed by atoms with Crippen molar-refractivity contribution < 1.29 is 0 Å². The van der Waals surface area contributed by atoms with Crippen LogP contribution in [0.1, 0.15) is 24.6 Å². The van der Waals surface area contributed by atoms with Gasteiger partial charge in [-0.1, -0.05) is 0 Å². The van der Waals surface area contributed by atoms with Crippen LogP contribution >= 0.6 is 0 Å². The molecule has 1 aliphatic rings. The molecule has 1 aliphatic carbocycles. The predicted octanol–water partition coefficient (Wildman–Crippen LogP) is 2.71. The van der Waals surface area contributed by atoms with Crippen molar-refractivity contribution in [3.05, 3.63) is 42.6 Å². The highest BCUT2D eigenvalue weighted by Crippen LogP contribution is 2.35. The zero-order valence-electron chi connectivity index (χ0n) is 10.5. The van der Waals surface area contributed by atoms with E-state index in [1.165, 1.54) is 18.5 Å². The van der Waals surface area contributed by atoms with Gasteiger partial charge in [-0.3, -0.25) is 5.10 Å². The summed E-state index contributed by atoms with van der Waals surface area (Å²) in [6, 6.07) is 6.90. The fraction of sp³-hybridized carbons (Fsp3) is 0.286. The Kier molecular flexibility index (Phi) is 2.30. The molecule has 1 saturated carbocycles. The van der Waals surface area contributed by atoms with Gasteiger partial charge in [0.15, 0.2) is 0 Å². The molecule has 0 aliphatic heterocycles. The fourth-order valence-corrected chi connectivity index (χ4v) is 2.40. The molecule has 0 spiro atoms. The minimum absolute atomic E-state index is 0.677. The van der Waals surface area contributed by atoms with Crippen LogP contribution in [-0.4, -0.2) is 19.7 Å². The van der Waals surface area contributed by atoms with Crippen LogP contribution in [0.3, 0.4) is 0 Å². The number of fused-ring (bicyclic) bond motifs is 1. The molecule has 5 nitrogen and oxygen atoms in total. The Morgan fingerprint density at radius 3 is 3.16 bits per heavy atom. The molecular formula is C14H15N5. The standard InChI is InChI=1S/C14H15N5/c1-4-14-10(6-17-18-14)5-11(1)16-8-13-7-15-9-19(13)12-2-3-12/h1,4-7,9,12,16H,2-3,8H2,(H,17,18). The fourth-order valence-electron chi connectivity index (χ4n) is 2.40. The first-order valence-corrected chi connectivity index (χ1v) is 6.58. The Balaban J connectivity index is 1.52. The third-order valence-corrected chi connectivity index (χ3v) is 3.60. The lowest BCUT2D eigenvalue weighted by molar-refractivity contribution is 0.701. The zero-order chi connectivity index (χ0) is 12.7. The quantitative estimate of drug-likeness (QED) is 0.751. The van der Waals surface area contributed by atoms with Crippen molar-refractivity contribution in [2.75, 3.05) is 5.32 Å². The van der Waals surface area contributed by atoms with Crippen molar-refractivity contribution in [2.45, 2.75) is 25.4 Å². The van der Waals surface area contributed by atoms with Gasteiger partial charge in [0, 0.05) is 23.3 Å². The molecule has 0 atom stereocenters. The molecule has 2 heterocycles. The maximum atomic E-state index is 4.25. The van der Waals surface area contributed by atoms with Crippen LogP contribution in [0.15, 0.2) is 36.9 Å². The van der Waals surface area contributed by atoms with Crippen molar-refractivity contribution in [3.63, 3.8) is 0 Å². The van der Waals surface area contributed by atoms with Crippen LogP contribution in [0.5, 0.6) is 0 Å². The molecule has 1 aromatic carbocycles. The van der Waals surface area contributed by atoms with Gasteiger partial charge in [-0.2, -0.15) is 5.10 Å². The molecule has 0 saturated heterocycles. The number of hydrogen-bond acceptors (Lipinski definition) is 3. The molecule has 0 bridgehead atoms. The van der Waals surface area contributed by atoms with Crippen molar-refractivity contribution in [1.82, 2.24) is 19.7 Å². The number of H-pyrrole nitrogens is 1. The molecule has 19 heavy (non-hydrogen) atoms. The third kappa shape index (κ3) is 1.97. The Bertz CT molecular complexity index is 707. The lowest BCUT2D eigenvalue weighted by Gasteiger charge is -2.09. The molecule has 0 unspecified atom stereocenters. The third-order valence-electron chi connectivity index (χ3n) is 3.60. The van der Waals surface area contributed by atoms with Gasteiger partial charge in [0.2, 0.25) is 0 Å². The highest BCUT2D eigenvalue weighted by atomic mass is 15.1.